The Balaban J connectivity index is 1.97. The second kappa shape index (κ2) is 5.90. The summed E-state index contributed by atoms with van der Waals surface area (Å²) in [4.78, 5) is 33.4. The molecular weight excluding hydrogens is 286 g/mol. The maximum Gasteiger partial charge on any atom is 0.321 e. The van der Waals surface area contributed by atoms with Gasteiger partial charge in [-0.15, -0.1) is 10.2 Å². The molecule has 108 valence electrons. The quantitative estimate of drug-likeness (QED) is 0.594. The minimum Gasteiger partial charge on any atom is -0.416 e. The number of thioether (sulfide) groups is 1. The Kier molecular flexibility index (Phi) is 4.23. The standard InChI is InChI=1S/C10H13N5O4S/c1-4-5(8(17)13-9(18)12-4)2-7-14-15-10(19-7)20-3-6(11)16/h4-5H,2-3H2,1H3,(H2,11,16)(H2,12,13,17,18). The molecule has 2 heterocycles. The molecule has 20 heavy (non-hydrogen) atoms. The summed E-state index contributed by atoms with van der Waals surface area (Å²) >= 11 is 1.03. The van der Waals surface area contributed by atoms with Crippen LogP contribution < -0.4 is 16.4 Å². The predicted molar refractivity (Wildman–Crippen MR) is 67.5 cm³/mol. The van der Waals surface area contributed by atoms with Gasteiger partial charge in [-0.2, -0.15) is 0 Å². The Bertz CT molecular complexity index is 546. The molecule has 10 heteroatoms. The molecule has 1 aromatic heterocycles. The second-order valence-electron chi connectivity index (χ2n) is 4.28. The first-order valence-electron chi connectivity index (χ1n) is 5.80. The molecule has 0 bridgehead atoms. The first kappa shape index (κ1) is 14.3. The Morgan fingerprint density at radius 1 is 1.45 bits per heavy atom. The summed E-state index contributed by atoms with van der Waals surface area (Å²) in [5, 5.41) is 12.5. The highest BCUT2D eigenvalue weighted by molar-refractivity contribution is 7.99. The topological polar surface area (TPSA) is 140 Å². The zero-order valence-electron chi connectivity index (χ0n) is 10.6. The van der Waals surface area contributed by atoms with Gasteiger partial charge in [0.2, 0.25) is 17.7 Å². The lowest BCUT2D eigenvalue weighted by Crippen LogP contribution is -2.57. The SMILES string of the molecule is CC1NC(=O)NC(=O)C1Cc1nnc(SCC(N)=O)o1. The fraction of sp³-hybridized carbons (Fsp3) is 0.500. The van der Waals surface area contributed by atoms with Crippen LogP contribution in [-0.4, -0.2) is 39.8 Å². The van der Waals surface area contributed by atoms with Crippen molar-refractivity contribution in [3.63, 3.8) is 0 Å². The molecule has 2 rings (SSSR count). The molecule has 1 aliphatic rings. The molecule has 0 aromatic carbocycles. The van der Waals surface area contributed by atoms with Gasteiger partial charge in [-0.1, -0.05) is 11.8 Å². The van der Waals surface area contributed by atoms with E-state index in [9.17, 15) is 14.4 Å². The molecule has 1 aliphatic heterocycles. The van der Waals surface area contributed by atoms with E-state index in [1.54, 1.807) is 6.92 Å². The van der Waals surface area contributed by atoms with Crippen molar-refractivity contribution >= 4 is 29.6 Å². The molecule has 0 spiro atoms. The van der Waals surface area contributed by atoms with Gasteiger partial charge in [-0.25, -0.2) is 4.79 Å². The number of hydrogen-bond acceptors (Lipinski definition) is 7. The minimum atomic E-state index is -0.512. The van der Waals surface area contributed by atoms with Gasteiger partial charge in [0.25, 0.3) is 5.22 Å². The van der Waals surface area contributed by atoms with Crippen molar-refractivity contribution < 1.29 is 18.8 Å². The normalized spacial score (nSPS) is 22.2. The van der Waals surface area contributed by atoms with Gasteiger partial charge in [-0.3, -0.25) is 14.9 Å². The molecule has 4 amide bonds. The number of primary amides is 1. The van der Waals surface area contributed by atoms with Gasteiger partial charge < -0.3 is 15.5 Å². The number of imide groups is 1. The maximum absolute atomic E-state index is 11.7. The van der Waals surface area contributed by atoms with E-state index >= 15 is 0 Å². The summed E-state index contributed by atoms with van der Waals surface area (Å²) < 4.78 is 5.30. The average Bonchev–Trinajstić information content (AvgIpc) is 2.79. The van der Waals surface area contributed by atoms with E-state index in [1.807, 2.05) is 0 Å². The number of carbonyl (C=O) groups is 3. The van der Waals surface area contributed by atoms with Crippen molar-refractivity contribution in [1.29, 1.82) is 0 Å². The van der Waals surface area contributed by atoms with Crippen molar-refractivity contribution in [1.82, 2.24) is 20.8 Å². The number of nitrogens with two attached hydrogens (primary N) is 1. The van der Waals surface area contributed by atoms with Gasteiger partial charge in [0.05, 0.1) is 11.7 Å². The summed E-state index contributed by atoms with van der Waals surface area (Å²) in [6, 6.07) is -0.841. The van der Waals surface area contributed by atoms with Crippen LogP contribution in [0.1, 0.15) is 12.8 Å². The van der Waals surface area contributed by atoms with Gasteiger partial charge >= 0.3 is 6.03 Å². The first-order chi connectivity index (χ1) is 9.45. The van der Waals surface area contributed by atoms with E-state index in [0.29, 0.717) is 0 Å². The molecule has 0 radical (unpaired) electrons. The predicted octanol–water partition coefficient (Wildman–Crippen LogP) is -0.966. The van der Waals surface area contributed by atoms with E-state index in [1.165, 1.54) is 0 Å². The Hall–Kier alpha value is -2.10. The number of urea groups is 1. The number of rotatable bonds is 5. The van der Waals surface area contributed by atoms with Crippen molar-refractivity contribution in [2.45, 2.75) is 24.6 Å². The minimum absolute atomic E-state index is 0.0397. The monoisotopic (exact) mass is 299 g/mol. The molecular formula is C10H13N5O4S. The van der Waals surface area contributed by atoms with Crippen LogP contribution in [0.15, 0.2) is 9.64 Å². The van der Waals surface area contributed by atoms with Crippen LogP contribution in [0.4, 0.5) is 4.79 Å². The average molecular weight is 299 g/mol. The van der Waals surface area contributed by atoms with E-state index in [0.717, 1.165) is 11.8 Å². The zero-order chi connectivity index (χ0) is 14.7. The number of hydrogen-bond donors (Lipinski definition) is 3. The summed E-state index contributed by atoms with van der Waals surface area (Å²) in [6.45, 7) is 1.72. The van der Waals surface area contributed by atoms with E-state index < -0.39 is 17.9 Å². The number of amides is 4. The molecule has 1 aromatic rings. The fourth-order valence-corrected chi connectivity index (χ4v) is 2.26. The number of aromatic nitrogens is 2. The molecule has 0 aliphatic carbocycles. The lowest BCUT2D eigenvalue weighted by Gasteiger charge is -2.27. The lowest BCUT2D eigenvalue weighted by molar-refractivity contribution is -0.125. The van der Waals surface area contributed by atoms with Crippen molar-refractivity contribution in [3.8, 4) is 0 Å². The van der Waals surface area contributed by atoms with Crippen molar-refractivity contribution in [2.24, 2.45) is 11.7 Å². The van der Waals surface area contributed by atoms with Crippen LogP contribution in [0.5, 0.6) is 0 Å². The summed E-state index contributed by atoms with van der Waals surface area (Å²) in [5.41, 5.74) is 5.00. The summed E-state index contributed by atoms with van der Waals surface area (Å²) in [5.74, 6) is -1.05. The Morgan fingerprint density at radius 2 is 2.20 bits per heavy atom. The number of nitrogens with zero attached hydrogens (tertiary/aromatic N) is 2. The Morgan fingerprint density at radius 3 is 2.85 bits per heavy atom. The zero-order valence-corrected chi connectivity index (χ0v) is 11.4. The van der Waals surface area contributed by atoms with E-state index in [2.05, 4.69) is 20.8 Å². The van der Waals surface area contributed by atoms with Crippen LogP contribution >= 0.6 is 11.8 Å². The van der Waals surface area contributed by atoms with Gasteiger partial charge in [0, 0.05) is 12.5 Å². The third-order valence-corrected chi connectivity index (χ3v) is 3.56. The van der Waals surface area contributed by atoms with Crippen LogP contribution in [-0.2, 0) is 16.0 Å². The third kappa shape index (κ3) is 3.47. The second-order valence-corrected chi connectivity index (χ2v) is 5.21. The summed E-state index contributed by atoms with van der Waals surface area (Å²) in [7, 11) is 0. The largest absolute Gasteiger partial charge is 0.416 e. The smallest absolute Gasteiger partial charge is 0.321 e. The first-order valence-corrected chi connectivity index (χ1v) is 6.79. The fourth-order valence-electron chi connectivity index (χ4n) is 1.74. The lowest BCUT2D eigenvalue weighted by atomic mass is 9.95. The van der Waals surface area contributed by atoms with Crippen LogP contribution in [0, 0.1) is 5.92 Å². The maximum atomic E-state index is 11.7. The van der Waals surface area contributed by atoms with Crippen LogP contribution in [0.2, 0.25) is 0 Å². The van der Waals surface area contributed by atoms with Crippen molar-refractivity contribution in [3.05, 3.63) is 5.89 Å². The molecule has 9 nitrogen and oxygen atoms in total. The van der Waals surface area contributed by atoms with Crippen molar-refractivity contribution in [2.75, 3.05) is 5.75 Å². The highest BCUT2D eigenvalue weighted by Gasteiger charge is 2.33. The molecule has 1 fully saturated rings. The molecule has 2 atom stereocenters. The number of carbonyl (C=O) groups excluding carboxylic acids is 3. The molecule has 1 saturated heterocycles. The third-order valence-electron chi connectivity index (χ3n) is 2.72. The molecule has 4 N–H and O–H groups in total. The number of nitrogens with one attached hydrogen (secondary N) is 2. The summed E-state index contributed by atoms with van der Waals surface area (Å²) in [6.07, 6.45) is 0.206. The van der Waals surface area contributed by atoms with E-state index in [4.69, 9.17) is 10.2 Å². The van der Waals surface area contributed by atoms with Gasteiger partial charge in [0.1, 0.15) is 0 Å². The van der Waals surface area contributed by atoms with Gasteiger partial charge in [0.15, 0.2) is 0 Å². The van der Waals surface area contributed by atoms with Crippen LogP contribution in [0.3, 0.4) is 0 Å². The molecule has 0 saturated carbocycles. The highest BCUT2D eigenvalue weighted by atomic mass is 32.2. The Labute approximate surface area is 118 Å². The van der Waals surface area contributed by atoms with E-state index in [-0.39, 0.29) is 35.2 Å². The molecule has 2 unspecified atom stereocenters. The van der Waals surface area contributed by atoms with Crippen LogP contribution in [0.25, 0.3) is 0 Å². The highest BCUT2D eigenvalue weighted by Crippen LogP contribution is 2.19. The van der Waals surface area contributed by atoms with Gasteiger partial charge in [-0.05, 0) is 6.92 Å².